The second-order valence-corrected chi connectivity index (χ2v) is 5.44. The van der Waals surface area contributed by atoms with Gasteiger partial charge < -0.3 is 19.3 Å². The fraction of sp³-hybridized carbons (Fsp3) is 0.538. The Morgan fingerprint density at radius 1 is 1.29 bits per heavy atom. The van der Waals surface area contributed by atoms with E-state index in [4.69, 9.17) is 19.7 Å². The number of azide groups is 1. The van der Waals surface area contributed by atoms with Crippen LogP contribution in [0.25, 0.3) is 10.4 Å². The number of nitrogens with zero attached hydrogens (tertiary/aromatic N) is 3. The minimum absolute atomic E-state index is 0.279. The van der Waals surface area contributed by atoms with E-state index < -0.39 is 36.1 Å². The predicted octanol–water partition coefficient (Wildman–Crippen LogP) is 1.80. The molecule has 6 atom stereocenters. The van der Waals surface area contributed by atoms with Crippen LogP contribution in [0, 0.1) is 0 Å². The molecule has 0 radical (unpaired) electrons. The Morgan fingerprint density at radius 2 is 2.05 bits per heavy atom. The van der Waals surface area contributed by atoms with Gasteiger partial charge in [-0.2, -0.15) is 0 Å². The standard InChI is InChI=1S/C13H15N3O4S/c14-16-15-9-10(17)11-8(19-13(9)21)6-18-12(20-11)7-4-2-1-3-5-7/h1-5,8-13,17,21H,6H2/t8?,9?,10?,11-,12?,13+/m1/s1. The van der Waals surface area contributed by atoms with Crippen LogP contribution in [0.3, 0.4) is 0 Å². The fourth-order valence-electron chi connectivity index (χ4n) is 2.56. The van der Waals surface area contributed by atoms with E-state index in [1.54, 1.807) is 0 Å². The van der Waals surface area contributed by atoms with Crippen LogP contribution in [0.4, 0.5) is 0 Å². The highest BCUT2D eigenvalue weighted by atomic mass is 32.1. The van der Waals surface area contributed by atoms with Gasteiger partial charge in [-0.15, -0.1) is 12.6 Å². The Morgan fingerprint density at radius 3 is 2.76 bits per heavy atom. The van der Waals surface area contributed by atoms with Gasteiger partial charge in [-0.25, -0.2) is 0 Å². The Bertz CT molecular complexity index is 539. The smallest absolute Gasteiger partial charge is 0.184 e. The van der Waals surface area contributed by atoms with Crippen molar-refractivity contribution in [2.45, 2.75) is 36.1 Å². The van der Waals surface area contributed by atoms with Gasteiger partial charge in [-0.05, 0) is 5.53 Å². The molecule has 0 amide bonds. The summed E-state index contributed by atoms with van der Waals surface area (Å²) in [7, 11) is 0. The van der Waals surface area contributed by atoms with Gasteiger partial charge in [-0.3, -0.25) is 0 Å². The van der Waals surface area contributed by atoms with Crippen LogP contribution in [0.2, 0.25) is 0 Å². The van der Waals surface area contributed by atoms with E-state index in [2.05, 4.69) is 22.7 Å². The summed E-state index contributed by atoms with van der Waals surface area (Å²) in [6.45, 7) is 0.279. The van der Waals surface area contributed by atoms with Crippen molar-refractivity contribution in [3.63, 3.8) is 0 Å². The zero-order valence-electron chi connectivity index (χ0n) is 11.0. The largest absolute Gasteiger partial charge is 0.390 e. The molecule has 1 aromatic carbocycles. The zero-order valence-corrected chi connectivity index (χ0v) is 11.9. The van der Waals surface area contributed by atoms with Crippen LogP contribution in [-0.4, -0.2) is 41.5 Å². The van der Waals surface area contributed by atoms with Crippen molar-refractivity contribution < 1.29 is 19.3 Å². The van der Waals surface area contributed by atoms with Gasteiger partial charge in [0.1, 0.15) is 23.7 Å². The first-order valence-corrected chi connectivity index (χ1v) is 7.10. The number of benzene rings is 1. The van der Waals surface area contributed by atoms with E-state index in [1.165, 1.54) is 0 Å². The minimum atomic E-state index is -0.989. The first kappa shape index (κ1) is 14.6. The second kappa shape index (κ2) is 6.23. The summed E-state index contributed by atoms with van der Waals surface area (Å²) in [5, 5.41) is 13.9. The Hall–Kier alpha value is -1.28. The molecule has 2 fully saturated rings. The molecule has 8 heteroatoms. The number of rotatable bonds is 2. The molecule has 7 nitrogen and oxygen atoms in total. The van der Waals surface area contributed by atoms with Crippen LogP contribution >= 0.6 is 12.6 Å². The van der Waals surface area contributed by atoms with E-state index in [0.29, 0.717) is 0 Å². The maximum atomic E-state index is 10.4. The topological polar surface area (TPSA) is 96.7 Å². The lowest BCUT2D eigenvalue weighted by molar-refractivity contribution is -0.305. The highest BCUT2D eigenvalue weighted by Crippen LogP contribution is 2.35. The van der Waals surface area contributed by atoms with Gasteiger partial charge >= 0.3 is 0 Å². The molecule has 0 bridgehead atoms. The second-order valence-electron chi connectivity index (χ2n) is 4.93. The molecular formula is C13H15N3O4S. The predicted molar refractivity (Wildman–Crippen MR) is 76.6 cm³/mol. The molecule has 0 aromatic heterocycles. The van der Waals surface area contributed by atoms with Crippen molar-refractivity contribution in [1.82, 2.24) is 0 Å². The number of hydrogen-bond acceptors (Lipinski definition) is 6. The minimum Gasteiger partial charge on any atom is -0.390 e. The number of hydrogen-bond donors (Lipinski definition) is 2. The van der Waals surface area contributed by atoms with Crippen LogP contribution in [-0.2, 0) is 14.2 Å². The SMILES string of the molecule is [N-]=[N+]=NC1C(O)[C@@H]2OC(c3ccccc3)OCC2O[C@H]1S. The number of aliphatic hydroxyl groups is 1. The normalized spacial score (nSPS) is 39.1. The summed E-state index contributed by atoms with van der Waals surface area (Å²) < 4.78 is 17.0. The average Bonchev–Trinajstić information content (AvgIpc) is 2.52. The van der Waals surface area contributed by atoms with E-state index in [-0.39, 0.29) is 6.61 Å². The molecule has 2 saturated heterocycles. The van der Waals surface area contributed by atoms with Gasteiger partial charge in [0, 0.05) is 10.5 Å². The molecule has 1 N–H and O–H groups in total. The van der Waals surface area contributed by atoms with Gasteiger partial charge in [0.05, 0.1) is 12.7 Å². The van der Waals surface area contributed by atoms with E-state index in [1.807, 2.05) is 30.3 Å². The Kier molecular flexibility index (Phi) is 4.34. The lowest BCUT2D eigenvalue weighted by Crippen LogP contribution is -2.59. The van der Waals surface area contributed by atoms with Crippen LogP contribution in [0.15, 0.2) is 35.4 Å². The summed E-state index contributed by atoms with van der Waals surface area (Å²) in [6.07, 6.45) is -2.62. The van der Waals surface area contributed by atoms with Crippen LogP contribution in [0.5, 0.6) is 0 Å². The van der Waals surface area contributed by atoms with Gasteiger partial charge in [0.15, 0.2) is 6.29 Å². The lowest BCUT2D eigenvalue weighted by Gasteiger charge is -2.45. The van der Waals surface area contributed by atoms with E-state index in [0.717, 1.165) is 5.56 Å². The summed E-state index contributed by atoms with van der Waals surface area (Å²) >= 11 is 4.20. The quantitative estimate of drug-likeness (QED) is 0.377. The molecule has 1 aromatic rings. The van der Waals surface area contributed by atoms with E-state index in [9.17, 15) is 5.11 Å². The van der Waals surface area contributed by atoms with Gasteiger partial charge in [-0.1, -0.05) is 35.4 Å². The van der Waals surface area contributed by atoms with Crippen LogP contribution in [0.1, 0.15) is 11.9 Å². The zero-order chi connectivity index (χ0) is 14.8. The molecule has 0 saturated carbocycles. The van der Waals surface area contributed by atoms with Crippen molar-refractivity contribution in [2.75, 3.05) is 6.61 Å². The summed E-state index contributed by atoms with van der Waals surface area (Å²) in [4.78, 5) is 2.72. The molecule has 2 aliphatic heterocycles. The first-order chi connectivity index (χ1) is 10.2. The Labute approximate surface area is 126 Å². The number of thiol groups is 1. The summed E-state index contributed by atoms with van der Waals surface area (Å²) in [5.74, 6) is 0. The lowest BCUT2D eigenvalue weighted by atomic mass is 9.97. The van der Waals surface area contributed by atoms with Crippen molar-refractivity contribution in [3.8, 4) is 0 Å². The molecule has 0 spiro atoms. The number of fused-ring (bicyclic) bond motifs is 1. The highest BCUT2D eigenvalue weighted by Gasteiger charge is 2.48. The fourth-order valence-corrected chi connectivity index (χ4v) is 2.95. The highest BCUT2D eigenvalue weighted by molar-refractivity contribution is 7.80. The maximum absolute atomic E-state index is 10.4. The maximum Gasteiger partial charge on any atom is 0.184 e. The third-order valence-corrected chi connectivity index (χ3v) is 4.04. The van der Waals surface area contributed by atoms with Gasteiger partial charge in [0.25, 0.3) is 0 Å². The van der Waals surface area contributed by atoms with Gasteiger partial charge in [0.2, 0.25) is 0 Å². The molecule has 3 rings (SSSR count). The van der Waals surface area contributed by atoms with Crippen molar-refractivity contribution >= 4 is 12.6 Å². The molecule has 2 aliphatic rings. The summed E-state index contributed by atoms with van der Waals surface area (Å²) in [5.41, 5.74) is 8.75. The molecule has 112 valence electrons. The number of ether oxygens (including phenoxy) is 3. The summed E-state index contributed by atoms with van der Waals surface area (Å²) in [6, 6.07) is 8.63. The third kappa shape index (κ3) is 2.87. The average molecular weight is 309 g/mol. The van der Waals surface area contributed by atoms with E-state index >= 15 is 0 Å². The molecular weight excluding hydrogens is 294 g/mol. The first-order valence-electron chi connectivity index (χ1n) is 6.58. The Balaban J connectivity index is 1.78. The molecule has 0 aliphatic carbocycles. The van der Waals surface area contributed by atoms with Crippen molar-refractivity contribution in [3.05, 3.63) is 46.3 Å². The van der Waals surface area contributed by atoms with Crippen molar-refractivity contribution in [1.29, 1.82) is 0 Å². The van der Waals surface area contributed by atoms with Crippen LogP contribution < -0.4 is 0 Å². The monoisotopic (exact) mass is 309 g/mol. The molecule has 2 heterocycles. The molecule has 4 unspecified atom stereocenters. The van der Waals surface area contributed by atoms with Crippen molar-refractivity contribution in [2.24, 2.45) is 5.11 Å². The number of aliphatic hydroxyl groups excluding tert-OH is 1. The third-order valence-electron chi connectivity index (χ3n) is 3.61. The molecule has 21 heavy (non-hydrogen) atoms.